The van der Waals surface area contributed by atoms with Crippen molar-refractivity contribution in [3.05, 3.63) is 65.6 Å². The monoisotopic (exact) mass is 677 g/mol. The van der Waals surface area contributed by atoms with Crippen LogP contribution in [0.2, 0.25) is 0 Å². The van der Waals surface area contributed by atoms with E-state index in [1.807, 2.05) is 83.7 Å². The lowest BCUT2D eigenvalue weighted by Crippen LogP contribution is -2.46. The number of carbonyl (C=O) groups is 2. The SMILES string of the molecule is COCCCn1c(C2CCCN(C(=O)CC(Cc3ccc(B4OC(C)(C)C(C)(C)O4)cc3)NC(=O)OC(C)(C)C)C2)cc2cccc(F)c21. The number of fused-ring (bicyclic) bond motifs is 1. The number of aromatic nitrogens is 1. The van der Waals surface area contributed by atoms with Crippen LogP contribution in [0.1, 0.15) is 91.3 Å². The predicted molar refractivity (Wildman–Crippen MR) is 191 cm³/mol. The lowest BCUT2D eigenvalue weighted by molar-refractivity contribution is -0.132. The van der Waals surface area contributed by atoms with Gasteiger partial charge in [-0.1, -0.05) is 36.4 Å². The van der Waals surface area contributed by atoms with E-state index in [1.54, 1.807) is 13.2 Å². The molecule has 49 heavy (non-hydrogen) atoms. The highest BCUT2D eigenvalue weighted by molar-refractivity contribution is 6.62. The quantitative estimate of drug-likeness (QED) is 0.188. The number of para-hydroxylation sites is 1. The Kier molecular flexibility index (Phi) is 11.2. The molecule has 11 heteroatoms. The van der Waals surface area contributed by atoms with Gasteiger partial charge in [0.15, 0.2) is 0 Å². The van der Waals surface area contributed by atoms with Crippen LogP contribution in [0.4, 0.5) is 9.18 Å². The molecule has 0 saturated carbocycles. The first-order chi connectivity index (χ1) is 23.1. The first-order valence-electron chi connectivity index (χ1n) is 17.6. The number of alkyl carbamates (subject to hydrolysis) is 1. The first kappa shape index (κ1) is 36.9. The van der Waals surface area contributed by atoms with E-state index in [9.17, 15) is 9.59 Å². The molecule has 2 aromatic carbocycles. The standard InChI is InChI=1S/C38H53BFN3O6/c1-36(2,3)47-35(45)41-30(22-26-15-17-29(18-16-26)39-48-37(4,5)38(6,7)49-39)24-33(44)42-19-10-13-28(25-42)32-23-27-12-9-14-31(40)34(27)43(32)20-11-21-46-8/h9,12,14-18,23,28,30H,10-11,13,19-22,24-25H2,1-8H3,(H,41,45). The molecule has 9 nitrogen and oxygen atoms in total. The minimum Gasteiger partial charge on any atom is -0.444 e. The zero-order chi connectivity index (χ0) is 35.6. The summed E-state index contributed by atoms with van der Waals surface area (Å²) in [5, 5.41) is 3.84. The molecule has 2 aliphatic heterocycles. The largest absolute Gasteiger partial charge is 0.494 e. The van der Waals surface area contributed by atoms with E-state index < -0.39 is 36.1 Å². The fourth-order valence-corrected chi connectivity index (χ4v) is 6.75. The molecular formula is C38H53BFN3O6. The van der Waals surface area contributed by atoms with Gasteiger partial charge >= 0.3 is 13.2 Å². The number of halogens is 1. The number of nitrogens with zero attached hydrogens (tertiary/aromatic N) is 2. The number of aryl methyl sites for hydroxylation is 1. The van der Waals surface area contributed by atoms with Crippen molar-refractivity contribution < 1.29 is 32.8 Å². The molecule has 2 atom stereocenters. The smallest absolute Gasteiger partial charge is 0.444 e. The number of piperidine rings is 1. The summed E-state index contributed by atoms with van der Waals surface area (Å²) in [5.74, 6) is -0.218. The average molecular weight is 678 g/mol. The van der Waals surface area contributed by atoms with Crippen molar-refractivity contribution in [3.8, 4) is 0 Å². The van der Waals surface area contributed by atoms with Crippen molar-refractivity contribution in [1.82, 2.24) is 14.8 Å². The van der Waals surface area contributed by atoms with Crippen LogP contribution in [0.15, 0.2) is 48.5 Å². The number of methoxy groups -OCH3 is 1. The molecule has 2 unspecified atom stereocenters. The molecule has 5 rings (SSSR count). The molecule has 0 radical (unpaired) electrons. The van der Waals surface area contributed by atoms with Gasteiger partial charge in [-0.15, -0.1) is 0 Å². The second kappa shape index (κ2) is 14.8. The van der Waals surface area contributed by atoms with E-state index in [0.717, 1.165) is 41.4 Å². The number of hydrogen-bond acceptors (Lipinski definition) is 6. The second-order valence-electron chi connectivity index (χ2n) is 15.5. The molecule has 3 aromatic rings. The average Bonchev–Trinajstić information content (AvgIpc) is 3.50. The maximum atomic E-state index is 15.1. The molecule has 0 bridgehead atoms. The number of carbonyl (C=O) groups excluding carboxylic acids is 2. The second-order valence-corrected chi connectivity index (χ2v) is 15.5. The van der Waals surface area contributed by atoms with Crippen molar-refractivity contribution in [1.29, 1.82) is 0 Å². The van der Waals surface area contributed by atoms with Gasteiger partial charge in [-0.25, -0.2) is 9.18 Å². The number of nitrogens with one attached hydrogen (secondary N) is 1. The van der Waals surface area contributed by atoms with Crippen LogP contribution in [0.25, 0.3) is 10.9 Å². The Hall–Kier alpha value is -3.41. The van der Waals surface area contributed by atoms with E-state index >= 15 is 4.39 Å². The summed E-state index contributed by atoms with van der Waals surface area (Å²) in [6.07, 6.45) is 2.50. The van der Waals surface area contributed by atoms with E-state index in [0.29, 0.717) is 38.2 Å². The number of ether oxygens (including phenoxy) is 2. The van der Waals surface area contributed by atoms with Crippen LogP contribution in [0.3, 0.4) is 0 Å². The highest BCUT2D eigenvalue weighted by Gasteiger charge is 2.51. The Morgan fingerprint density at radius 1 is 1.08 bits per heavy atom. The Labute approximate surface area is 290 Å². The van der Waals surface area contributed by atoms with Crippen LogP contribution < -0.4 is 10.8 Å². The number of likely N-dealkylation sites (tertiary alicyclic amines) is 1. The molecule has 3 heterocycles. The Balaban J connectivity index is 1.31. The van der Waals surface area contributed by atoms with Gasteiger partial charge in [0, 0.05) is 62.8 Å². The van der Waals surface area contributed by atoms with E-state index in [-0.39, 0.29) is 24.1 Å². The summed E-state index contributed by atoms with van der Waals surface area (Å²) in [6, 6.07) is 14.7. The summed E-state index contributed by atoms with van der Waals surface area (Å²) in [5.41, 5.74) is 1.96. The number of benzene rings is 2. The molecule has 0 aliphatic carbocycles. The Bertz CT molecular complexity index is 1600. The maximum Gasteiger partial charge on any atom is 0.494 e. The molecule has 2 fully saturated rings. The van der Waals surface area contributed by atoms with Crippen molar-refractivity contribution >= 4 is 35.5 Å². The van der Waals surface area contributed by atoms with Crippen molar-refractivity contribution in [2.24, 2.45) is 0 Å². The maximum absolute atomic E-state index is 15.1. The Morgan fingerprint density at radius 3 is 2.43 bits per heavy atom. The molecule has 2 amide bonds. The van der Waals surface area contributed by atoms with Crippen LogP contribution in [0.5, 0.6) is 0 Å². The van der Waals surface area contributed by atoms with Gasteiger partial charge in [0.05, 0.1) is 16.7 Å². The molecule has 2 aliphatic rings. The zero-order valence-electron chi connectivity index (χ0n) is 30.4. The summed E-state index contributed by atoms with van der Waals surface area (Å²) in [6.45, 7) is 15.9. The number of amides is 2. The van der Waals surface area contributed by atoms with Crippen LogP contribution >= 0.6 is 0 Å². The van der Waals surface area contributed by atoms with Crippen molar-refractivity contribution in [3.63, 3.8) is 0 Å². The lowest BCUT2D eigenvalue weighted by Gasteiger charge is -2.34. The van der Waals surface area contributed by atoms with Crippen LogP contribution in [-0.4, -0.2) is 78.2 Å². The van der Waals surface area contributed by atoms with Gasteiger partial charge in [0.25, 0.3) is 0 Å². The van der Waals surface area contributed by atoms with Gasteiger partial charge < -0.3 is 33.6 Å². The van der Waals surface area contributed by atoms with E-state index in [1.165, 1.54) is 6.07 Å². The summed E-state index contributed by atoms with van der Waals surface area (Å²) < 4.78 is 40.4. The fourth-order valence-electron chi connectivity index (χ4n) is 6.75. The fraction of sp³-hybridized carbons (Fsp3) is 0.579. The van der Waals surface area contributed by atoms with Gasteiger partial charge in [0.1, 0.15) is 11.4 Å². The third-order valence-corrected chi connectivity index (χ3v) is 9.95. The molecular weight excluding hydrogens is 624 g/mol. The summed E-state index contributed by atoms with van der Waals surface area (Å²) >= 11 is 0. The minimum absolute atomic E-state index is 0.0344. The molecule has 0 spiro atoms. The van der Waals surface area contributed by atoms with E-state index in [4.69, 9.17) is 18.8 Å². The minimum atomic E-state index is -0.676. The highest BCUT2D eigenvalue weighted by atomic mass is 19.1. The molecule has 2 saturated heterocycles. The van der Waals surface area contributed by atoms with Gasteiger partial charge in [-0.3, -0.25) is 4.79 Å². The molecule has 266 valence electrons. The topological polar surface area (TPSA) is 91.3 Å². The Morgan fingerprint density at radius 2 is 1.78 bits per heavy atom. The summed E-state index contributed by atoms with van der Waals surface area (Å²) in [7, 11) is 1.19. The highest BCUT2D eigenvalue weighted by Crippen LogP contribution is 2.37. The lowest BCUT2D eigenvalue weighted by atomic mass is 9.78. The number of rotatable bonds is 11. The molecule has 1 N–H and O–H groups in total. The van der Waals surface area contributed by atoms with Gasteiger partial charge in [-0.2, -0.15) is 0 Å². The zero-order valence-corrected chi connectivity index (χ0v) is 30.4. The predicted octanol–water partition coefficient (Wildman–Crippen LogP) is 6.35. The normalized spacial score (nSPS) is 19.7. The van der Waals surface area contributed by atoms with Crippen molar-refractivity contribution in [2.75, 3.05) is 26.8 Å². The van der Waals surface area contributed by atoms with Crippen molar-refractivity contribution in [2.45, 2.75) is 116 Å². The number of hydrogen-bond donors (Lipinski definition) is 1. The van der Waals surface area contributed by atoms with E-state index in [2.05, 4.69) is 16.0 Å². The third-order valence-electron chi connectivity index (χ3n) is 9.95. The first-order valence-corrected chi connectivity index (χ1v) is 17.6. The van der Waals surface area contributed by atoms with Gasteiger partial charge in [0.2, 0.25) is 5.91 Å². The molecule has 1 aromatic heterocycles. The van der Waals surface area contributed by atoms with Crippen LogP contribution in [-0.2, 0) is 36.5 Å². The van der Waals surface area contributed by atoms with Crippen LogP contribution in [0, 0.1) is 5.82 Å². The summed E-state index contributed by atoms with van der Waals surface area (Å²) in [4.78, 5) is 28.8. The van der Waals surface area contributed by atoms with Gasteiger partial charge in [-0.05, 0) is 97.3 Å². The third kappa shape index (κ3) is 8.85.